The Morgan fingerprint density at radius 3 is 2.51 bits per heavy atom. The van der Waals surface area contributed by atoms with E-state index in [0.29, 0.717) is 24.1 Å². The second-order valence-corrected chi connectivity index (χ2v) is 10.8. The second kappa shape index (κ2) is 10.7. The highest BCUT2D eigenvalue weighted by atomic mass is 16.5. The van der Waals surface area contributed by atoms with Crippen molar-refractivity contribution in [2.45, 2.75) is 58.6 Å². The van der Waals surface area contributed by atoms with Crippen LogP contribution in [0.2, 0.25) is 0 Å². The Morgan fingerprint density at radius 2 is 1.89 bits per heavy atom. The number of fused-ring (bicyclic) bond motifs is 1. The van der Waals surface area contributed by atoms with Crippen molar-refractivity contribution >= 4 is 23.3 Å². The van der Waals surface area contributed by atoms with Crippen LogP contribution >= 0.6 is 0 Å². The highest BCUT2D eigenvalue weighted by Gasteiger charge is 2.51. The van der Waals surface area contributed by atoms with E-state index in [2.05, 4.69) is 30.6 Å². The number of ketones is 1. The van der Waals surface area contributed by atoms with Gasteiger partial charge >= 0.3 is 0 Å². The lowest BCUT2D eigenvalue weighted by atomic mass is 9.85. The normalized spacial score (nSPS) is 25.9. The molecule has 192 valence electrons. The van der Waals surface area contributed by atoms with E-state index < -0.39 is 17.9 Å². The molecule has 0 saturated carbocycles. The van der Waals surface area contributed by atoms with Crippen LogP contribution in [0.1, 0.15) is 62.4 Å². The summed E-state index contributed by atoms with van der Waals surface area (Å²) in [5, 5.41) is 0. The third kappa shape index (κ3) is 5.23. The number of hydrogen-bond acceptors (Lipinski definition) is 6. The molecule has 0 bridgehead atoms. The highest BCUT2D eigenvalue weighted by Crippen LogP contribution is 2.37. The second-order valence-electron chi connectivity index (χ2n) is 10.8. The van der Waals surface area contributed by atoms with E-state index in [1.165, 1.54) is 0 Å². The quantitative estimate of drug-likeness (QED) is 0.608. The Kier molecular flexibility index (Phi) is 7.81. The van der Waals surface area contributed by atoms with Crippen LogP contribution in [0.4, 0.5) is 5.69 Å². The van der Waals surface area contributed by atoms with Crippen molar-refractivity contribution in [1.82, 2.24) is 9.80 Å². The van der Waals surface area contributed by atoms with E-state index in [-0.39, 0.29) is 36.2 Å². The number of carbonyl (C=O) groups is 3. The third-order valence-electron chi connectivity index (χ3n) is 7.68. The van der Waals surface area contributed by atoms with Gasteiger partial charge in [0, 0.05) is 49.9 Å². The number of hydrogen-bond donors (Lipinski definition) is 1. The average molecular weight is 485 g/mol. The van der Waals surface area contributed by atoms with Gasteiger partial charge in [-0.25, -0.2) is 0 Å². The molecular formula is C27H40N4O4. The van der Waals surface area contributed by atoms with Gasteiger partial charge < -0.3 is 20.3 Å². The number of primary amides is 1. The van der Waals surface area contributed by atoms with Crippen LogP contribution in [0.3, 0.4) is 0 Å². The molecule has 0 radical (unpaired) electrons. The van der Waals surface area contributed by atoms with Crippen LogP contribution in [0.5, 0.6) is 0 Å². The summed E-state index contributed by atoms with van der Waals surface area (Å²) in [6, 6.07) is 5.17. The molecule has 3 aliphatic heterocycles. The minimum Gasteiger partial charge on any atom is -0.369 e. The van der Waals surface area contributed by atoms with Crippen molar-refractivity contribution < 1.29 is 19.1 Å². The van der Waals surface area contributed by atoms with Crippen molar-refractivity contribution in [3.63, 3.8) is 0 Å². The summed E-state index contributed by atoms with van der Waals surface area (Å²) >= 11 is 0. The van der Waals surface area contributed by atoms with Gasteiger partial charge in [-0.2, -0.15) is 0 Å². The number of likely N-dealkylation sites (tertiary alicyclic amines) is 1. The van der Waals surface area contributed by atoms with E-state index in [1.807, 2.05) is 19.1 Å². The molecule has 3 heterocycles. The fraction of sp³-hybridized carbons (Fsp3) is 0.667. The van der Waals surface area contributed by atoms with Gasteiger partial charge in [-0.1, -0.05) is 27.7 Å². The topological polar surface area (TPSA) is 96.2 Å². The number of ether oxygens (including phenoxy) is 1. The largest absolute Gasteiger partial charge is 0.369 e. The van der Waals surface area contributed by atoms with Gasteiger partial charge in [-0.05, 0) is 49.1 Å². The molecule has 0 spiro atoms. The van der Waals surface area contributed by atoms with Crippen LogP contribution in [0, 0.1) is 11.8 Å². The zero-order valence-corrected chi connectivity index (χ0v) is 21.5. The van der Waals surface area contributed by atoms with Gasteiger partial charge in [0.05, 0.1) is 12.0 Å². The molecular weight excluding hydrogens is 444 g/mol. The van der Waals surface area contributed by atoms with Gasteiger partial charge in [0.25, 0.3) is 0 Å². The molecule has 0 aliphatic carbocycles. The van der Waals surface area contributed by atoms with Gasteiger partial charge in [-0.3, -0.25) is 19.3 Å². The molecule has 4 rings (SSSR count). The number of anilines is 1. The number of Topliss-reactive ketones (excluding diaryl/α,β-unsaturated/α-hetero) is 1. The number of rotatable bonds is 8. The molecule has 1 aromatic carbocycles. The summed E-state index contributed by atoms with van der Waals surface area (Å²) in [4.78, 5) is 45.6. The van der Waals surface area contributed by atoms with Gasteiger partial charge in [0.15, 0.2) is 5.78 Å². The third-order valence-corrected chi connectivity index (χ3v) is 7.68. The maximum atomic E-state index is 14.0. The summed E-state index contributed by atoms with van der Waals surface area (Å²) in [7, 11) is 0. The SMILES string of the molecule is CCCN1CCN(c2ccc(C(N)=O)c([C@H](CC(C)C)C(=O)N3C[C@H](C)[C@H]4OCC(=O)[C@H]43)c2)CC1. The van der Waals surface area contributed by atoms with Crippen LogP contribution in [0.15, 0.2) is 18.2 Å². The summed E-state index contributed by atoms with van der Waals surface area (Å²) < 4.78 is 5.71. The van der Waals surface area contributed by atoms with Crippen molar-refractivity contribution in [1.29, 1.82) is 0 Å². The first-order valence-corrected chi connectivity index (χ1v) is 13.1. The highest BCUT2D eigenvalue weighted by molar-refractivity contribution is 5.99. The number of amides is 2. The average Bonchev–Trinajstić information content (AvgIpc) is 3.37. The van der Waals surface area contributed by atoms with Crippen molar-refractivity contribution in [3.8, 4) is 0 Å². The lowest BCUT2D eigenvalue weighted by Gasteiger charge is -2.36. The Bertz CT molecular complexity index is 956. The fourth-order valence-corrected chi connectivity index (χ4v) is 5.96. The molecule has 3 fully saturated rings. The van der Waals surface area contributed by atoms with Crippen LogP contribution in [-0.2, 0) is 14.3 Å². The van der Waals surface area contributed by atoms with E-state index >= 15 is 0 Å². The predicted octanol–water partition coefficient (Wildman–Crippen LogP) is 2.26. The molecule has 35 heavy (non-hydrogen) atoms. The minimum absolute atomic E-state index is 0.0372. The van der Waals surface area contributed by atoms with E-state index in [4.69, 9.17) is 10.5 Å². The fourth-order valence-electron chi connectivity index (χ4n) is 5.96. The maximum Gasteiger partial charge on any atom is 0.249 e. The van der Waals surface area contributed by atoms with Crippen LogP contribution in [0.25, 0.3) is 0 Å². The molecule has 2 amide bonds. The lowest BCUT2D eigenvalue weighted by Crippen LogP contribution is -2.46. The summed E-state index contributed by atoms with van der Waals surface area (Å²) in [5.41, 5.74) is 7.86. The molecule has 3 saturated heterocycles. The predicted molar refractivity (Wildman–Crippen MR) is 136 cm³/mol. The Morgan fingerprint density at radius 1 is 1.17 bits per heavy atom. The monoisotopic (exact) mass is 484 g/mol. The number of benzene rings is 1. The lowest BCUT2D eigenvalue weighted by molar-refractivity contribution is -0.138. The molecule has 0 aromatic heterocycles. The van der Waals surface area contributed by atoms with Crippen molar-refractivity contribution in [3.05, 3.63) is 29.3 Å². The summed E-state index contributed by atoms with van der Waals surface area (Å²) in [5.74, 6) is -0.908. The van der Waals surface area contributed by atoms with E-state index in [1.54, 1.807) is 11.0 Å². The van der Waals surface area contributed by atoms with Gasteiger partial charge in [0.1, 0.15) is 12.6 Å². The Balaban J connectivity index is 1.66. The smallest absolute Gasteiger partial charge is 0.249 e. The molecule has 3 aliphatic rings. The molecule has 0 unspecified atom stereocenters. The zero-order valence-electron chi connectivity index (χ0n) is 21.5. The Hall–Kier alpha value is -2.45. The zero-order chi connectivity index (χ0) is 25.3. The number of nitrogens with two attached hydrogens (primary N) is 1. The van der Waals surface area contributed by atoms with Gasteiger partial charge in [0.2, 0.25) is 11.8 Å². The molecule has 8 nitrogen and oxygen atoms in total. The van der Waals surface area contributed by atoms with Crippen molar-refractivity contribution in [2.24, 2.45) is 17.6 Å². The molecule has 2 N–H and O–H groups in total. The maximum absolute atomic E-state index is 14.0. The van der Waals surface area contributed by atoms with E-state index in [0.717, 1.165) is 44.8 Å². The number of carbonyl (C=O) groups excluding carboxylic acids is 3. The first-order valence-electron chi connectivity index (χ1n) is 13.1. The number of piperazine rings is 1. The summed E-state index contributed by atoms with van der Waals surface area (Å²) in [6.07, 6.45) is 1.47. The molecule has 8 heteroatoms. The Labute approximate surface area is 208 Å². The van der Waals surface area contributed by atoms with Crippen molar-refractivity contribution in [2.75, 3.05) is 50.8 Å². The van der Waals surface area contributed by atoms with Gasteiger partial charge in [-0.15, -0.1) is 0 Å². The number of nitrogens with zero attached hydrogens (tertiary/aromatic N) is 3. The minimum atomic E-state index is -0.543. The summed E-state index contributed by atoms with van der Waals surface area (Å²) in [6.45, 7) is 13.8. The van der Waals surface area contributed by atoms with Crippen LogP contribution < -0.4 is 10.6 Å². The first kappa shape index (κ1) is 25.6. The standard InChI is InChI=1S/C27H40N4O4/c1-5-8-29-9-11-30(12-10-29)19-6-7-20(26(28)33)21(14-19)22(13-17(2)3)27(34)31-15-18(4)25-24(31)23(32)16-35-25/h6-7,14,17-18,22,24-25H,5,8-13,15-16H2,1-4H3,(H2,28,33)/t18-,22-,24+,25+/m0/s1. The first-order chi connectivity index (χ1) is 16.7. The molecule has 1 aromatic rings. The molecule has 4 atom stereocenters. The van der Waals surface area contributed by atoms with E-state index in [9.17, 15) is 14.4 Å². The van der Waals surface area contributed by atoms with Crippen LogP contribution in [-0.4, -0.2) is 85.4 Å².